The van der Waals surface area contributed by atoms with Gasteiger partial charge in [-0.15, -0.1) is 0 Å². The normalized spacial score (nSPS) is 16.5. The molecule has 2 aromatic rings. The Hall–Kier alpha value is -2.45. The first-order valence-corrected chi connectivity index (χ1v) is 9.66. The van der Waals surface area contributed by atoms with Crippen molar-refractivity contribution in [2.24, 2.45) is 5.14 Å². The number of nitrogens with two attached hydrogens (primary N) is 1. The molecule has 1 aliphatic heterocycles. The van der Waals surface area contributed by atoms with Gasteiger partial charge < -0.3 is 9.80 Å². The number of nitrogens with zero attached hydrogens (tertiary/aromatic N) is 2. The van der Waals surface area contributed by atoms with Gasteiger partial charge in [0.2, 0.25) is 15.9 Å². The number of hydrogen-bond donors (Lipinski definition) is 1. The molecule has 0 fully saturated rings. The summed E-state index contributed by atoms with van der Waals surface area (Å²) < 4.78 is 36.9. The summed E-state index contributed by atoms with van der Waals surface area (Å²) in [6.45, 7) is 1.89. The van der Waals surface area contributed by atoms with Gasteiger partial charge in [0.25, 0.3) is 0 Å². The van der Waals surface area contributed by atoms with Crippen LogP contribution >= 0.6 is 0 Å². The molecule has 2 aromatic carbocycles. The van der Waals surface area contributed by atoms with Gasteiger partial charge in [0.1, 0.15) is 5.82 Å². The standard InChI is InChI=1S/C18H20FN3O3S/c1-12-9-13-10-14(26(20,24)25)7-8-16(13)22(12)18(23)11-21(2)17-6-4-3-5-15(17)19/h3-8,10,12H,9,11H2,1-2H3,(H2,20,24,25)/t12-/m1/s1. The van der Waals surface area contributed by atoms with Crippen LogP contribution < -0.4 is 14.9 Å². The molecule has 0 radical (unpaired) electrons. The first kappa shape index (κ1) is 18.3. The first-order valence-electron chi connectivity index (χ1n) is 8.12. The highest BCUT2D eigenvalue weighted by molar-refractivity contribution is 7.89. The van der Waals surface area contributed by atoms with Gasteiger partial charge in [-0.05, 0) is 49.2 Å². The fourth-order valence-electron chi connectivity index (χ4n) is 3.29. The van der Waals surface area contributed by atoms with Crippen molar-refractivity contribution in [3.63, 3.8) is 0 Å². The van der Waals surface area contributed by atoms with Crippen LogP contribution in [0.4, 0.5) is 15.8 Å². The molecule has 6 nitrogen and oxygen atoms in total. The van der Waals surface area contributed by atoms with Gasteiger partial charge in [-0.1, -0.05) is 12.1 Å². The van der Waals surface area contributed by atoms with Crippen molar-refractivity contribution >= 4 is 27.3 Å². The molecule has 0 spiro atoms. The number of rotatable bonds is 4. The van der Waals surface area contributed by atoms with E-state index < -0.39 is 15.8 Å². The molecule has 26 heavy (non-hydrogen) atoms. The number of amides is 1. The van der Waals surface area contributed by atoms with Gasteiger partial charge >= 0.3 is 0 Å². The van der Waals surface area contributed by atoms with E-state index in [1.54, 1.807) is 41.1 Å². The third kappa shape index (κ3) is 3.42. The number of primary sulfonamides is 1. The number of para-hydroxylation sites is 1. The van der Waals surface area contributed by atoms with Crippen molar-refractivity contribution in [2.45, 2.75) is 24.3 Å². The second-order valence-electron chi connectivity index (χ2n) is 6.46. The molecule has 1 amide bonds. The van der Waals surface area contributed by atoms with E-state index in [0.717, 1.165) is 5.56 Å². The lowest BCUT2D eigenvalue weighted by atomic mass is 10.1. The molecule has 0 saturated carbocycles. The maximum absolute atomic E-state index is 13.9. The van der Waals surface area contributed by atoms with E-state index in [0.29, 0.717) is 17.8 Å². The van der Waals surface area contributed by atoms with Crippen LogP contribution in [0.3, 0.4) is 0 Å². The van der Waals surface area contributed by atoms with Crippen molar-refractivity contribution in [2.75, 3.05) is 23.4 Å². The van der Waals surface area contributed by atoms with Crippen LogP contribution in [0.1, 0.15) is 12.5 Å². The molecule has 0 aromatic heterocycles. The van der Waals surface area contributed by atoms with Crippen LogP contribution in [-0.4, -0.2) is 34.0 Å². The zero-order chi connectivity index (χ0) is 19.1. The number of carbonyl (C=O) groups is 1. The topological polar surface area (TPSA) is 83.7 Å². The number of benzene rings is 2. The third-order valence-corrected chi connectivity index (χ3v) is 5.41. The lowest BCUT2D eigenvalue weighted by Crippen LogP contribution is -2.42. The Bertz CT molecular complexity index is 962. The van der Waals surface area contributed by atoms with Gasteiger partial charge in [0.15, 0.2) is 0 Å². The Kier molecular flexibility index (Phi) is 4.72. The number of halogens is 1. The Balaban J connectivity index is 1.84. The van der Waals surface area contributed by atoms with Crippen LogP contribution in [0.5, 0.6) is 0 Å². The maximum atomic E-state index is 13.9. The number of sulfonamides is 1. The Morgan fingerprint density at radius 2 is 2.00 bits per heavy atom. The van der Waals surface area contributed by atoms with Gasteiger partial charge in [-0.3, -0.25) is 4.79 Å². The maximum Gasteiger partial charge on any atom is 0.246 e. The minimum atomic E-state index is -3.79. The van der Waals surface area contributed by atoms with Crippen molar-refractivity contribution in [1.29, 1.82) is 0 Å². The zero-order valence-corrected chi connectivity index (χ0v) is 15.3. The molecule has 138 valence electrons. The van der Waals surface area contributed by atoms with Gasteiger partial charge in [0, 0.05) is 18.8 Å². The van der Waals surface area contributed by atoms with Crippen LogP contribution in [0.15, 0.2) is 47.4 Å². The number of anilines is 2. The minimum absolute atomic E-state index is 0.00164. The lowest BCUT2D eigenvalue weighted by molar-refractivity contribution is -0.117. The Labute approximate surface area is 152 Å². The predicted molar refractivity (Wildman–Crippen MR) is 98.1 cm³/mol. The monoisotopic (exact) mass is 377 g/mol. The number of carbonyl (C=O) groups excluding carboxylic acids is 1. The summed E-state index contributed by atoms with van der Waals surface area (Å²) in [5, 5.41) is 5.17. The summed E-state index contributed by atoms with van der Waals surface area (Å²) in [5.74, 6) is -0.583. The summed E-state index contributed by atoms with van der Waals surface area (Å²) in [4.78, 5) is 16.0. The molecule has 3 rings (SSSR count). The Morgan fingerprint density at radius 1 is 1.31 bits per heavy atom. The highest BCUT2D eigenvalue weighted by atomic mass is 32.2. The minimum Gasteiger partial charge on any atom is -0.363 e. The van der Waals surface area contributed by atoms with Crippen LogP contribution in [0.2, 0.25) is 0 Å². The zero-order valence-electron chi connectivity index (χ0n) is 14.5. The molecule has 2 N–H and O–H groups in total. The smallest absolute Gasteiger partial charge is 0.246 e. The van der Waals surface area contributed by atoms with Gasteiger partial charge in [0.05, 0.1) is 17.1 Å². The molecule has 1 atom stereocenters. The first-order chi connectivity index (χ1) is 12.2. The van der Waals surface area contributed by atoms with Crippen LogP contribution in [-0.2, 0) is 21.2 Å². The van der Waals surface area contributed by atoms with E-state index in [2.05, 4.69) is 0 Å². The molecule has 0 aliphatic carbocycles. The fourth-order valence-corrected chi connectivity index (χ4v) is 3.85. The van der Waals surface area contributed by atoms with Crippen LogP contribution in [0.25, 0.3) is 0 Å². The average molecular weight is 377 g/mol. The summed E-state index contributed by atoms with van der Waals surface area (Å²) in [6, 6.07) is 10.6. The van der Waals surface area contributed by atoms with Crippen LogP contribution in [0, 0.1) is 5.82 Å². The molecular weight excluding hydrogens is 357 g/mol. The fraction of sp³-hybridized carbons (Fsp3) is 0.278. The molecule has 8 heteroatoms. The molecule has 1 heterocycles. The predicted octanol–water partition coefficient (Wildman–Crippen LogP) is 1.89. The van der Waals surface area contributed by atoms with Gasteiger partial charge in [-0.2, -0.15) is 0 Å². The second-order valence-corrected chi connectivity index (χ2v) is 8.02. The SMILES string of the molecule is C[C@@H]1Cc2cc(S(N)(=O)=O)ccc2N1C(=O)CN(C)c1ccccc1F. The van der Waals surface area contributed by atoms with Gasteiger partial charge in [-0.25, -0.2) is 17.9 Å². The van der Waals surface area contributed by atoms with E-state index in [1.807, 2.05) is 6.92 Å². The molecule has 0 saturated heterocycles. The largest absolute Gasteiger partial charge is 0.363 e. The molecular formula is C18H20FN3O3S. The van der Waals surface area contributed by atoms with Crippen molar-refractivity contribution in [3.05, 3.63) is 53.8 Å². The number of hydrogen-bond acceptors (Lipinski definition) is 4. The van der Waals surface area contributed by atoms with E-state index in [1.165, 1.54) is 18.2 Å². The highest BCUT2D eigenvalue weighted by Crippen LogP contribution is 2.34. The third-order valence-electron chi connectivity index (χ3n) is 4.50. The van der Waals surface area contributed by atoms with E-state index in [9.17, 15) is 17.6 Å². The van der Waals surface area contributed by atoms with Crippen molar-refractivity contribution in [1.82, 2.24) is 0 Å². The second kappa shape index (κ2) is 6.69. The lowest BCUT2D eigenvalue weighted by Gasteiger charge is -2.27. The van der Waals surface area contributed by atoms with Crippen molar-refractivity contribution in [3.8, 4) is 0 Å². The summed E-state index contributed by atoms with van der Waals surface area (Å²) in [5.41, 5.74) is 1.76. The molecule has 0 bridgehead atoms. The Morgan fingerprint density at radius 3 is 2.65 bits per heavy atom. The summed E-state index contributed by atoms with van der Waals surface area (Å²) >= 11 is 0. The molecule has 0 unspecified atom stereocenters. The summed E-state index contributed by atoms with van der Waals surface area (Å²) in [6.07, 6.45) is 0.536. The average Bonchev–Trinajstić information content (AvgIpc) is 2.89. The van der Waals surface area contributed by atoms with E-state index in [-0.39, 0.29) is 23.4 Å². The van der Waals surface area contributed by atoms with E-state index in [4.69, 9.17) is 5.14 Å². The summed E-state index contributed by atoms with van der Waals surface area (Å²) in [7, 11) is -2.14. The highest BCUT2D eigenvalue weighted by Gasteiger charge is 2.32. The number of likely N-dealkylation sites (N-methyl/N-ethyl adjacent to an activating group) is 1. The van der Waals surface area contributed by atoms with Crippen molar-refractivity contribution < 1.29 is 17.6 Å². The van der Waals surface area contributed by atoms with E-state index >= 15 is 0 Å². The number of fused-ring (bicyclic) bond motifs is 1. The quantitative estimate of drug-likeness (QED) is 0.882. The molecule has 1 aliphatic rings.